The predicted octanol–water partition coefficient (Wildman–Crippen LogP) is 2.18. The Morgan fingerprint density at radius 1 is 1.40 bits per heavy atom. The summed E-state index contributed by atoms with van der Waals surface area (Å²) in [5, 5.41) is 8.96. The van der Waals surface area contributed by atoms with Crippen LogP contribution in [0.15, 0.2) is 16.7 Å². The van der Waals surface area contributed by atoms with Crippen LogP contribution < -0.4 is 0 Å². The Hall–Kier alpha value is -0.800. The van der Waals surface area contributed by atoms with E-state index >= 15 is 0 Å². The monoisotopic (exact) mass is 211 g/mol. The van der Waals surface area contributed by atoms with Gasteiger partial charge in [0.25, 0.3) is 0 Å². The number of furan rings is 1. The zero-order chi connectivity index (χ0) is 11.1. The van der Waals surface area contributed by atoms with Crippen molar-refractivity contribution in [2.75, 3.05) is 19.7 Å². The molecule has 3 heteroatoms. The van der Waals surface area contributed by atoms with E-state index in [1.165, 1.54) is 18.4 Å². The molecule has 1 heterocycles. The van der Waals surface area contributed by atoms with Crippen molar-refractivity contribution in [3.63, 3.8) is 0 Å². The SMILES string of the molecule is CCCCN(CCO)Cc1occc1C. The highest BCUT2D eigenvalue weighted by molar-refractivity contribution is 5.14. The first kappa shape index (κ1) is 12.3. The van der Waals surface area contributed by atoms with Crippen LogP contribution >= 0.6 is 0 Å². The van der Waals surface area contributed by atoms with Crippen molar-refractivity contribution in [3.05, 3.63) is 23.7 Å². The van der Waals surface area contributed by atoms with E-state index in [0.717, 1.165) is 25.4 Å². The second-order valence-electron chi connectivity index (χ2n) is 3.88. The van der Waals surface area contributed by atoms with E-state index in [0.29, 0.717) is 0 Å². The molecule has 0 spiro atoms. The Morgan fingerprint density at radius 2 is 2.20 bits per heavy atom. The minimum atomic E-state index is 0.212. The summed E-state index contributed by atoms with van der Waals surface area (Å²) >= 11 is 0. The maximum absolute atomic E-state index is 8.96. The molecule has 0 saturated carbocycles. The lowest BCUT2D eigenvalue weighted by Crippen LogP contribution is -2.27. The third kappa shape index (κ3) is 4.06. The van der Waals surface area contributed by atoms with Crippen molar-refractivity contribution < 1.29 is 9.52 Å². The molecular formula is C12H21NO2. The van der Waals surface area contributed by atoms with E-state index in [2.05, 4.69) is 18.7 Å². The highest BCUT2D eigenvalue weighted by Crippen LogP contribution is 2.12. The van der Waals surface area contributed by atoms with Gasteiger partial charge in [0.1, 0.15) is 5.76 Å². The Labute approximate surface area is 91.7 Å². The van der Waals surface area contributed by atoms with Crippen molar-refractivity contribution in [2.45, 2.75) is 33.2 Å². The molecule has 15 heavy (non-hydrogen) atoms. The van der Waals surface area contributed by atoms with E-state index in [4.69, 9.17) is 9.52 Å². The fourth-order valence-corrected chi connectivity index (χ4v) is 1.56. The third-order valence-electron chi connectivity index (χ3n) is 2.58. The van der Waals surface area contributed by atoms with E-state index in [1.807, 2.05) is 6.07 Å². The second-order valence-corrected chi connectivity index (χ2v) is 3.88. The molecule has 0 aliphatic carbocycles. The molecule has 1 aromatic heterocycles. The van der Waals surface area contributed by atoms with Crippen LogP contribution in [-0.2, 0) is 6.54 Å². The van der Waals surface area contributed by atoms with Crippen molar-refractivity contribution in [1.82, 2.24) is 4.90 Å². The molecule has 0 aromatic carbocycles. The maximum atomic E-state index is 8.96. The summed E-state index contributed by atoms with van der Waals surface area (Å²) in [7, 11) is 0. The first-order valence-electron chi connectivity index (χ1n) is 5.64. The van der Waals surface area contributed by atoms with Gasteiger partial charge in [-0.25, -0.2) is 0 Å². The van der Waals surface area contributed by atoms with E-state index in [9.17, 15) is 0 Å². The third-order valence-corrected chi connectivity index (χ3v) is 2.58. The summed E-state index contributed by atoms with van der Waals surface area (Å²) in [6, 6.07) is 1.98. The van der Waals surface area contributed by atoms with E-state index in [-0.39, 0.29) is 6.61 Å². The lowest BCUT2D eigenvalue weighted by molar-refractivity contribution is 0.178. The molecule has 1 N–H and O–H groups in total. The van der Waals surface area contributed by atoms with Crippen LogP contribution in [0.5, 0.6) is 0 Å². The van der Waals surface area contributed by atoms with Gasteiger partial charge in [0, 0.05) is 6.54 Å². The fourth-order valence-electron chi connectivity index (χ4n) is 1.56. The zero-order valence-electron chi connectivity index (χ0n) is 9.70. The van der Waals surface area contributed by atoms with Gasteiger partial charge in [-0.2, -0.15) is 0 Å². The number of aryl methyl sites for hydroxylation is 1. The van der Waals surface area contributed by atoms with Crippen LogP contribution in [0.4, 0.5) is 0 Å². The second kappa shape index (κ2) is 6.64. The number of hydrogen-bond acceptors (Lipinski definition) is 3. The number of unbranched alkanes of at least 4 members (excludes halogenated alkanes) is 1. The van der Waals surface area contributed by atoms with Gasteiger partial charge in [-0.1, -0.05) is 13.3 Å². The van der Waals surface area contributed by atoms with Crippen LogP contribution in [0.3, 0.4) is 0 Å². The number of hydrogen-bond donors (Lipinski definition) is 1. The zero-order valence-corrected chi connectivity index (χ0v) is 9.70. The molecule has 0 bridgehead atoms. The highest BCUT2D eigenvalue weighted by Gasteiger charge is 2.08. The number of aliphatic hydroxyl groups excluding tert-OH is 1. The molecule has 0 aliphatic heterocycles. The summed E-state index contributed by atoms with van der Waals surface area (Å²) in [6.07, 6.45) is 4.07. The normalized spacial score (nSPS) is 11.2. The van der Waals surface area contributed by atoms with Crippen LogP contribution in [0, 0.1) is 6.92 Å². The Balaban J connectivity index is 2.46. The van der Waals surface area contributed by atoms with Gasteiger partial charge in [0.05, 0.1) is 19.4 Å². The van der Waals surface area contributed by atoms with Crippen molar-refractivity contribution >= 4 is 0 Å². The number of nitrogens with zero attached hydrogens (tertiary/aromatic N) is 1. The van der Waals surface area contributed by atoms with E-state index < -0.39 is 0 Å². The standard InChI is InChI=1S/C12H21NO2/c1-3-4-6-13(7-8-14)10-12-11(2)5-9-15-12/h5,9,14H,3-4,6-8,10H2,1-2H3. The molecule has 86 valence electrons. The molecule has 3 nitrogen and oxygen atoms in total. The Bertz CT molecular complexity index is 270. The van der Waals surface area contributed by atoms with Crippen molar-refractivity contribution in [2.24, 2.45) is 0 Å². The average Bonchev–Trinajstić information content (AvgIpc) is 2.61. The molecule has 1 rings (SSSR count). The molecule has 0 radical (unpaired) electrons. The molecule has 0 unspecified atom stereocenters. The molecule has 0 atom stereocenters. The largest absolute Gasteiger partial charge is 0.468 e. The maximum Gasteiger partial charge on any atom is 0.120 e. The topological polar surface area (TPSA) is 36.6 Å². The van der Waals surface area contributed by atoms with Gasteiger partial charge in [0.2, 0.25) is 0 Å². The number of rotatable bonds is 7. The fraction of sp³-hybridized carbons (Fsp3) is 0.667. The molecular weight excluding hydrogens is 190 g/mol. The van der Waals surface area contributed by atoms with Gasteiger partial charge in [-0.15, -0.1) is 0 Å². The summed E-state index contributed by atoms with van der Waals surface area (Å²) in [5.41, 5.74) is 1.19. The lowest BCUT2D eigenvalue weighted by atomic mass is 10.2. The van der Waals surface area contributed by atoms with Gasteiger partial charge in [-0.3, -0.25) is 4.90 Å². The number of aliphatic hydroxyl groups is 1. The van der Waals surface area contributed by atoms with Crippen LogP contribution in [0.25, 0.3) is 0 Å². The first-order valence-corrected chi connectivity index (χ1v) is 5.64. The minimum absolute atomic E-state index is 0.212. The lowest BCUT2D eigenvalue weighted by Gasteiger charge is -2.19. The molecule has 0 amide bonds. The molecule has 0 fully saturated rings. The minimum Gasteiger partial charge on any atom is -0.468 e. The van der Waals surface area contributed by atoms with Crippen LogP contribution in [-0.4, -0.2) is 29.7 Å². The van der Waals surface area contributed by atoms with Crippen LogP contribution in [0.2, 0.25) is 0 Å². The Kier molecular flexibility index (Phi) is 5.43. The Morgan fingerprint density at radius 3 is 2.73 bits per heavy atom. The molecule has 1 aromatic rings. The highest BCUT2D eigenvalue weighted by atomic mass is 16.3. The van der Waals surface area contributed by atoms with Gasteiger partial charge < -0.3 is 9.52 Å². The molecule has 0 aliphatic rings. The van der Waals surface area contributed by atoms with Gasteiger partial charge in [0.15, 0.2) is 0 Å². The summed E-state index contributed by atoms with van der Waals surface area (Å²) in [6.45, 7) is 6.99. The van der Waals surface area contributed by atoms with Crippen molar-refractivity contribution in [1.29, 1.82) is 0 Å². The summed E-state index contributed by atoms with van der Waals surface area (Å²) in [4.78, 5) is 2.23. The van der Waals surface area contributed by atoms with Gasteiger partial charge in [-0.05, 0) is 31.5 Å². The predicted molar refractivity (Wildman–Crippen MR) is 60.7 cm³/mol. The van der Waals surface area contributed by atoms with Crippen molar-refractivity contribution in [3.8, 4) is 0 Å². The average molecular weight is 211 g/mol. The molecule has 0 saturated heterocycles. The van der Waals surface area contributed by atoms with E-state index in [1.54, 1.807) is 6.26 Å². The summed E-state index contributed by atoms with van der Waals surface area (Å²) in [5.74, 6) is 1.01. The first-order chi connectivity index (χ1) is 7.27. The van der Waals surface area contributed by atoms with Gasteiger partial charge >= 0.3 is 0 Å². The summed E-state index contributed by atoms with van der Waals surface area (Å²) < 4.78 is 5.40. The van der Waals surface area contributed by atoms with Crippen LogP contribution in [0.1, 0.15) is 31.1 Å². The quantitative estimate of drug-likeness (QED) is 0.751. The smallest absolute Gasteiger partial charge is 0.120 e.